The van der Waals surface area contributed by atoms with E-state index in [4.69, 9.17) is 16.3 Å². The quantitative estimate of drug-likeness (QED) is 0.683. The zero-order chi connectivity index (χ0) is 19.5. The van der Waals surface area contributed by atoms with Crippen molar-refractivity contribution in [1.82, 2.24) is 4.98 Å². The molecule has 1 aliphatic rings. The lowest BCUT2D eigenvalue weighted by molar-refractivity contribution is -0.118. The Balaban J connectivity index is 1.46. The second-order valence-electron chi connectivity index (χ2n) is 6.58. The van der Waals surface area contributed by atoms with Crippen LogP contribution in [0.15, 0.2) is 65.8 Å². The maximum Gasteiger partial charge on any atom is 0.262 e. The van der Waals surface area contributed by atoms with E-state index in [-0.39, 0.29) is 12.5 Å². The fourth-order valence-corrected chi connectivity index (χ4v) is 3.27. The molecule has 1 amide bonds. The minimum Gasteiger partial charge on any atom is -0.484 e. The normalized spacial score (nSPS) is 12.3. The SMILES string of the molecule is Cc1cnc2c(c1)CC(c1cc(NC(=O)COc3ccccc3)ccc1Cl)=N2. The molecule has 0 fully saturated rings. The van der Waals surface area contributed by atoms with Gasteiger partial charge < -0.3 is 10.1 Å². The van der Waals surface area contributed by atoms with Crippen LogP contribution in [-0.4, -0.2) is 23.2 Å². The molecular weight excluding hydrogens is 374 g/mol. The van der Waals surface area contributed by atoms with E-state index in [2.05, 4.69) is 21.4 Å². The fraction of sp³-hybridized carbons (Fsp3) is 0.136. The molecule has 4 rings (SSSR count). The van der Waals surface area contributed by atoms with E-state index in [0.717, 1.165) is 28.2 Å². The predicted octanol–water partition coefficient (Wildman–Crippen LogP) is 4.74. The number of hydrogen-bond donors (Lipinski definition) is 1. The van der Waals surface area contributed by atoms with E-state index in [1.165, 1.54) is 0 Å². The number of aliphatic imine (C=N–C) groups is 1. The Morgan fingerprint density at radius 2 is 2.00 bits per heavy atom. The van der Waals surface area contributed by atoms with E-state index in [1.54, 1.807) is 30.5 Å². The first-order chi connectivity index (χ1) is 13.6. The highest BCUT2D eigenvalue weighted by molar-refractivity contribution is 6.34. The number of anilines is 1. The summed E-state index contributed by atoms with van der Waals surface area (Å²) in [6.45, 7) is 1.93. The summed E-state index contributed by atoms with van der Waals surface area (Å²) in [5.74, 6) is 1.13. The van der Waals surface area contributed by atoms with Crippen molar-refractivity contribution in [3.63, 3.8) is 0 Å². The molecule has 0 saturated carbocycles. The molecule has 0 spiro atoms. The van der Waals surface area contributed by atoms with Crippen LogP contribution in [0.3, 0.4) is 0 Å². The summed E-state index contributed by atoms with van der Waals surface area (Å²) in [6.07, 6.45) is 2.47. The first-order valence-electron chi connectivity index (χ1n) is 8.89. The van der Waals surface area contributed by atoms with Crippen molar-refractivity contribution in [2.24, 2.45) is 4.99 Å². The number of nitrogens with zero attached hydrogens (tertiary/aromatic N) is 2. The van der Waals surface area contributed by atoms with Crippen LogP contribution in [-0.2, 0) is 11.2 Å². The number of ether oxygens (including phenoxy) is 1. The van der Waals surface area contributed by atoms with Gasteiger partial charge in [0.25, 0.3) is 5.91 Å². The van der Waals surface area contributed by atoms with Crippen LogP contribution in [0.2, 0.25) is 5.02 Å². The predicted molar refractivity (Wildman–Crippen MR) is 111 cm³/mol. The average molecular weight is 392 g/mol. The maximum atomic E-state index is 12.2. The molecule has 1 aliphatic heterocycles. The first kappa shape index (κ1) is 18.2. The van der Waals surface area contributed by atoms with Gasteiger partial charge in [-0.15, -0.1) is 0 Å². The third kappa shape index (κ3) is 4.05. The second kappa shape index (κ2) is 7.82. The molecule has 1 N–H and O–H groups in total. The largest absolute Gasteiger partial charge is 0.484 e. The van der Waals surface area contributed by atoms with Gasteiger partial charge in [-0.05, 0) is 42.8 Å². The highest BCUT2D eigenvalue weighted by Crippen LogP contribution is 2.31. The zero-order valence-electron chi connectivity index (χ0n) is 15.3. The second-order valence-corrected chi connectivity index (χ2v) is 6.98. The Morgan fingerprint density at radius 1 is 1.18 bits per heavy atom. The lowest BCUT2D eigenvalue weighted by atomic mass is 10.0. The summed E-state index contributed by atoms with van der Waals surface area (Å²) in [4.78, 5) is 21.2. The van der Waals surface area contributed by atoms with Crippen molar-refractivity contribution in [2.75, 3.05) is 11.9 Å². The van der Waals surface area contributed by atoms with Crippen LogP contribution in [0, 0.1) is 6.92 Å². The van der Waals surface area contributed by atoms with E-state index in [9.17, 15) is 4.79 Å². The molecule has 6 heteroatoms. The highest BCUT2D eigenvalue weighted by atomic mass is 35.5. The van der Waals surface area contributed by atoms with E-state index in [1.807, 2.05) is 31.2 Å². The standard InChI is InChI=1S/C22H18ClN3O2/c1-14-9-15-10-20(26-22(15)24-12-14)18-11-16(7-8-19(18)23)25-21(27)13-28-17-5-3-2-4-6-17/h2-9,11-12H,10,13H2,1H3,(H,25,27). The van der Waals surface area contributed by atoms with Crippen LogP contribution >= 0.6 is 11.6 Å². The molecule has 0 unspecified atom stereocenters. The van der Waals surface area contributed by atoms with Gasteiger partial charge in [0.05, 0.1) is 5.71 Å². The molecule has 3 aromatic rings. The first-order valence-corrected chi connectivity index (χ1v) is 9.27. The minimum atomic E-state index is -0.244. The molecule has 2 aromatic carbocycles. The number of aromatic nitrogens is 1. The van der Waals surface area contributed by atoms with Gasteiger partial charge in [-0.25, -0.2) is 9.98 Å². The lowest BCUT2D eigenvalue weighted by Crippen LogP contribution is -2.20. The van der Waals surface area contributed by atoms with Gasteiger partial charge in [0.1, 0.15) is 5.75 Å². The van der Waals surface area contributed by atoms with E-state index in [0.29, 0.717) is 22.9 Å². The maximum absolute atomic E-state index is 12.2. The third-order valence-electron chi connectivity index (χ3n) is 4.35. The molecule has 0 aliphatic carbocycles. The smallest absolute Gasteiger partial charge is 0.262 e. The molecule has 0 saturated heterocycles. The summed E-state index contributed by atoms with van der Waals surface area (Å²) in [7, 11) is 0. The monoisotopic (exact) mass is 391 g/mol. The molecule has 0 radical (unpaired) electrons. The van der Waals surface area contributed by atoms with Crippen molar-refractivity contribution < 1.29 is 9.53 Å². The Labute approximate surface area is 168 Å². The number of para-hydroxylation sites is 1. The van der Waals surface area contributed by atoms with E-state index < -0.39 is 0 Å². The van der Waals surface area contributed by atoms with Gasteiger partial charge in [-0.3, -0.25) is 4.79 Å². The van der Waals surface area contributed by atoms with Crippen LogP contribution in [0.1, 0.15) is 16.7 Å². The summed E-state index contributed by atoms with van der Waals surface area (Å²) >= 11 is 6.39. The Hall–Kier alpha value is -3.18. The van der Waals surface area contributed by atoms with Crippen LogP contribution in [0.4, 0.5) is 11.5 Å². The summed E-state index contributed by atoms with van der Waals surface area (Å²) in [5, 5.41) is 3.43. The number of nitrogens with one attached hydrogen (secondary N) is 1. The number of fused-ring (bicyclic) bond motifs is 1. The molecule has 0 atom stereocenters. The number of carbonyl (C=O) groups excluding carboxylic acids is 1. The van der Waals surface area contributed by atoms with Crippen molar-refractivity contribution in [2.45, 2.75) is 13.3 Å². The Bertz CT molecular complexity index is 1060. The third-order valence-corrected chi connectivity index (χ3v) is 4.68. The van der Waals surface area contributed by atoms with Crippen molar-refractivity contribution in [3.05, 3.63) is 82.5 Å². The Morgan fingerprint density at radius 3 is 2.82 bits per heavy atom. The van der Waals surface area contributed by atoms with Crippen LogP contribution in [0.25, 0.3) is 0 Å². The van der Waals surface area contributed by atoms with Gasteiger partial charge >= 0.3 is 0 Å². The number of aryl methyl sites for hydroxylation is 1. The summed E-state index contributed by atoms with van der Waals surface area (Å²) < 4.78 is 5.48. The Kier molecular flexibility index (Phi) is 5.08. The summed E-state index contributed by atoms with van der Waals surface area (Å²) in [5.41, 5.74) is 4.45. The number of pyridine rings is 1. The summed E-state index contributed by atoms with van der Waals surface area (Å²) in [6, 6.07) is 16.7. The van der Waals surface area contributed by atoms with Crippen LogP contribution < -0.4 is 10.1 Å². The van der Waals surface area contributed by atoms with Crippen LogP contribution in [0.5, 0.6) is 5.75 Å². The lowest BCUT2D eigenvalue weighted by Gasteiger charge is -2.10. The molecule has 140 valence electrons. The number of hydrogen-bond acceptors (Lipinski definition) is 4. The fourth-order valence-electron chi connectivity index (χ4n) is 3.04. The molecule has 2 heterocycles. The minimum absolute atomic E-state index is 0.0719. The number of carbonyl (C=O) groups is 1. The molecule has 5 nitrogen and oxygen atoms in total. The topological polar surface area (TPSA) is 63.6 Å². The number of amides is 1. The number of halogens is 1. The van der Waals surface area contributed by atoms with Crippen molar-refractivity contribution >= 4 is 34.7 Å². The molecular formula is C22H18ClN3O2. The molecule has 1 aromatic heterocycles. The molecule has 28 heavy (non-hydrogen) atoms. The zero-order valence-corrected chi connectivity index (χ0v) is 16.0. The number of rotatable bonds is 5. The van der Waals surface area contributed by atoms with Gasteiger partial charge in [-0.1, -0.05) is 35.9 Å². The van der Waals surface area contributed by atoms with Gasteiger partial charge in [0.2, 0.25) is 0 Å². The number of benzene rings is 2. The van der Waals surface area contributed by atoms with Crippen molar-refractivity contribution in [1.29, 1.82) is 0 Å². The molecule has 0 bridgehead atoms. The van der Waals surface area contributed by atoms with Gasteiger partial charge in [-0.2, -0.15) is 0 Å². The van der Waals surface area contributed by atoms with Gasteiger partial charge in [0.15, 0.2) is 12.4 Å². The van der Waals surface area contributed by atoms with Crippen molar-refractivity contribution in [3.8, 4) is 5.75 Å². The highest BCUT2D eigenvalue weighted by Gasteiger charge is 2.20. The van der Waals surface area contributed by atoms with Gasteiger partial charge in [0, 0.05) is 34.5 Å². The van der Waals surface area contributed by atoms with E-state index >= 15 is 0 Å². The average Bonchev–Trinajstić information content (AvgIpc) is 3.11.